The lowest BCUT2D eigenvalue weighted by molar-refractivity contribution is 0.129. The highest BCUT2D eigenvalue weighted by Gasteiger charge is 2.15. The van der Waals surface area contributed by atoms with Gasteiger partial charge < -0.3 is 9.67 Å². The molecular formula is C18H13F2N3O. The Bertz CT molecular complexity index is 1030. The molecule has 0 atom stereocenters. The zero-order valence-corrected chi connectivity index (χ0v) is 12.5. The lowest BCUT2D eigenvalue weighted by atomic mass is 10.1. The van der Waals surface area contributed by atoms with Crippen LogP contribution in [0.4, 0.5) is 8.78 Å². The molecule has 3 heterocycles. The number of halogens is 2. The number of benzene rings is 1. The van der Waals surface area contributed by atoms with Gasteiger partial charge in [-0.25, -0.2) is 13.8 Å². The zero-order valence-electron chi connectivity index (χ0n) is 12.5. The minimum atomic E-state index is -2.45. The van der Waals surface area contributed by atoms with Gasteiger partial charge in [-0.15, -0.1) is 0 Å². The van der Waals surface area contributed by atoms with Crippen LogP contribution >= 0.6 is 0 Å². The van der Waals surface area contributed by atoms with Gasteiger partial charge in [0.2, 0.25) is 5.88 Å². The second-order valence-corrected chi connectivity index (χ2v) is 5.53. The molecule has 0 saturated heterocycles. The van der Waals surface area contributed by atoms with E-state index in [0.717, 1.165) is 32.9 Å². The fraction of sp³-hybridized carbons (Fsp3) is 0.111. The first-order valence-corrected chi connectivity index (χ1v) is 7.43. The Labute approximate surface area is 136 Å². The number of aromatic nitrogens is 3. The van der Waals surface area contributed by atoms with E-state index in [1.165, 1.54) is 6.07 Å². The molecule has 4 rings (SSSR count). The first-order chi connectivity index (χ1) is 11.6. The van der Waals surface area contributed by atoms with Crippen molar-refractivity contribution < 1.29 is 13.9 Å². The molecule has 6 heteroatoms. The van der Waals surface area contributed by atoms with Crippen LogP contribution in [0.5, 0.6) is 5.88 Å². The van der Waals surface area contributed by atoms with Gasteiger partial charge in [-0.1, -0.05) is 12.1 Å². The van der Waals surface area contributed by atoms with E-state index in [0.29, 0.717) is 0 Å². The quantitative estimate of drug-likeness (QED) is 0.613. The molecule has 1 N–H and O–H groups in total. The molecule has 1 aromatic carbocycles. The number of fused-ring (bicyclic) bond motifs is 3. The maximum Gasteiger partial charge on any atom is 0.256 e. The molecule has 0 aliphatic heterocycles. The average molecular weight is 325 g/mol. The van der Waals surface area contributed by atoms with E-state index < -0.39 is 6.43 Å². The van der Waals surface area contributed by atoms with Crippen LogP contribution in [0.1, 0.15) is 0 Å². The Kier molecular flexibility index (Phi) is 3.37. The number of pyridine rings is 2. The van der Waals surface area contributed by atoms with Crippen LogP contribution in [0.25, 0.3) is 32.9 Å². The molecule has 0 aliphatic carbocycles. The Morgan fingerprint density at radius 2 is 1.79 bits per heavy atom. The number of alkyl halides is 2. The van der Waals surface area contributed by atoms with E-state index in [9.17, 15) is 13.9 Å². The molecule has 4 aromatic rings. The minimum absolute atomic E-state index is 0.0577. The van der Waals surface area contributed by atoms with Crippen molar-refractivity contribution in [2.45, 2.75) is 13.0 Å². The maximum absolute atomic E-state index is 13.0. The average Bonchev–Trinajstić information content (AvgIpc) is 2.89. The lowest BCUT2D eigenvalue weighted by Crippen LogP contribution is -2.06. The number of aromatic hydroxyl groups is 1. The van der Waals surface area contributed by atoms with Crippen molar-refractivity contribution >= 4 is 21.8 Å². The third-order valence-electron chi connectivity index (χ3n) is 4.07. The Morgan fingerprint density at radius 3 is 2.54 bits per heavy atom. The first-order valence-electron chi connectivity index (χ1n) is 7.43. The van der Waals surface area contributed by atoms with Crippen molar-refractivity contribution in [3.8, 4) is 17.0 Å². The molecule has 0 saturated carbocycles. The molecular weight excluding hydrogens is 312 g/mol. The van der Waals surface area contributed by atoms with E-state index in [2.05, 4.69) is 9.97 Å². The summed E-state index contributed by atoms with van der Waals surface area (Å²) in [6, 6.07) is 10.7. The van der Waals surface area contributed by atoms with E-state index >= 15 is 0 Å². The monoisotopic (exact) mass is 325 g/mol. The molecule has 0 bridgehead atoms. The second-order valence-electron chi connectivity index (χ2n) is 5.53. The topological polar surface area (TPSA) is 50.9 Å². The van der Waals surface area contributed by atoms with Gasteiger partial charge in [0.05, 0.1) is 12.1 Å². The predicted molar refractivity (Wildman–Crippen MR) is 88.1 cm³/mol. The summed E-state index contributed by atoms with van der Waals surface area (Å²) in [5.41, 5.74) is 3.12. The minimum Gasteiger partial charge on any atom is -0.493 e. The van der Waals surface area contributed by atoms with Gasteiger partial charge in [0, 0.05) is 46.5 Å². The highest BCUT2D eigenvalue weighted by Crippen LogP contribution is 2.32. The second kappa shape index (κ2) is 5.56. The van der Waals surface area contributed by atoms with Crippen molar-refractivity contribution in [3.63, 3.8) is 0 Å². The first kappa shape index (κ1) is 14.6. The highest BCUT2D eigenvalue weighted by atomic mass is 19.3. The van der Waals surface area contributed by atoms with Crippen molar-refractivity contribution in [2.24, 2.45) is 0 Å². The summed E-state index contributed by atoms with van der Waals surface area (Å²) in [5.74, 6) is -0.0577. The summed E-state index contributed by atoms with van der Waals surface area (Å²) in [6.07, 6.45) is 2.41. The van der Waals surface area contributed by atoms with Gasteiger partial charge in [-0.05, 0) is 23.8 Å². The predicted octanol–water partition coefficient (Wildman–Crippen LogP) is 4.22. The molecule has 0 fully saturated rings. The Morgan fingerprint density at radius 1 is 0.958 bits per heavy atom. The Balaban J connectivity index is 1.98. The van der Waals surface area contributed by atoms with E-state index in [1.807, 2.05) is 18.2 Å². The number of rotatable bonds is 3. The normalized spacial score (nSPS) is 11.6. The van der Waals surface area contributed by atoms with Crippen LogP contribution in [0.15, 0.2) is 55.0 Å². The summed E-state index contributed by atoms with van der Waals surface area (Å²) in [4.78, 5) is 7.98. The maximum atomic E-state index is 13.0. The van der Waals surface area contributed by atoms with Crippen LogP contribution in [-0.2, 0) is 6.54 Å². The van der Waals surface area contributed by atoms with Gasteiger partial charge in [0.15, 0.2) is 0 Å². The summed E-state index contributed by atoms with van der Waals surface area (Å²) in [6.45, 7) is -0.374. The van der Waals surface area contributed by atoms with Gasteiger partial charge in [0.1, 0.15) is 0 Å². The fourth-order valence-corrected chi connectivity index (χ4v) is 3.01. The van der Waals surface area contributed by atoms with Crippen LogP contribution in [0, 0.1) is 0 Å². The van der Waals surface area contributed by atoms with E-state index in [-0.39, 0.29) is 12.4 Å². The number of hydrogen-bond donors (Lipinski definition) is 1. The van der Waals surface area contributed by atoms with Gasteiger partial charge in [0.25, 0.3) is 6.43 Å². The van der Waals surface area contributed by atoms with Crippen molar-refractivity contribution in [1.82, 2.24) is 14.5 Å². The molecule has 24 heavy (non-hydrogen) atoms. The van der Waals surface area contributed by atoms with Crippen LogP contribution in [0.3, 0.4) is 0 Å². The van der Waals surface area contributed by atoms with Crippen LogP contribution in [-0.4, -0.2) is 26.1 Å². The molecule has 4 nitrogen and oxygen atoms in total. The zero-order chi connectivity index (χ0) is 16.7. The smallest absolute Gasteiger partial charge is 0.256 e. The van der Waals surface area contributed by atoms with Crippen LogP contribution in [0.2, 0.25) is 0 Å². The third-order valence-corrected chi connectivity index (χ3v) is 4.07. The largest absolute Gasteiger partial charge is 0.493 e. The molecule has 120 valence electrons. The standard InChI is InChI=1S/C18H13F2N3O/c19-17(20)10-23-15-5-6-21-9-14(15)13-3-1-11(7-16(13)23)12-2-4-18(24)22-8-12/h1-9,17H,10H2,(H,22,24). The molecule has 0 amide bonds. The van der Waals surface area contributed by atoms with Crippen molar-refractivity contribution in [1.29, 1.82) is 0 Å². The summed E-state index contributed by atoms with van der Waals surface area (Å²) in [5, 5.41) is 11.0. The summed E-state index contributed by atoms with van der Waals surface area (Å²) >= 11 is 0. The van der Waals surface area contributed by atoms with Gasteiger partial charge >= 0.3 is 0 Å². The van der Waals surface area contributed by atoms with Crippen molar-refractivity contribution in [3.05, 3.63) is 55.0 Å². The lowest BCUT2D eigenvalue weighted by Gasteiger charge is -2.08. The van der Waals surface area contributed by atoms with E-state index in [1.54, 1.807) is 35.3 Å². The molecule has 0 unspecified atom stereocenters. The summed E-state index contributed by atoms with van der Waals surface area (Å²) < 4.78 is 27.7. The summed E-state index contributed by atoms with van der Waals surface area (Å²) in [7, 11) is 0. The third kappa shape index (κ3) is 2.36. The molecule has 0 spiro atoms. The number of nitrogens with zero attached hydrogens (tertiary/aromatic N) is 3. The Hall–Kier alpha value is -3.02. The van der Waals surface area contributed by atoms with Crippen LogP contribution < -0.4 is 0 Å². The fourth-order valence-electron chi connectivity index (χ4n) is 3.01. The van der Waals surface area contributed by atoms with Crippen molar-refractivity contribution in [2.75, 3.05) is 0 Å². The van der Waals surface area contributed by atoms with Gasteiger partial charge in [-0.2, -0.15) is 0 Å². The van der Waals surface area contributed by atoms with Gasteiger partial charge in [-0.3, -0.25) is 4.98 Å². The molecule has 3 aromatic heterocycles. The van der Waals surface area contributed by atoms with E-state index in [4.69, 9.17) is 0 Å². The SMILES string of the molecule is Oc1ccc(-c2ccc3c4cnccc4n(CC(F)F)c3c2)cn1. The highest BCUT2D eigenvalue weighted by molar-refractivity contribution is 6.08. The molecule has 0 aliphatic rings. The number of hydrogen-bond acceptors (Lipinski definition) is 3. The molecule has 0 radical (unpaired) electrons.